The van der Waals surface area contributed by atoms with E-state index in [9.17, 15) is 14.7 Å². The molecule has 2 amide bonds. The maximum Gasteiger partial charge on any atom is 0.327 e. The molecule has 3 rings (SSSR count). The second-order valence-corrected chi connectivity index (χ2v) is 4.66. The van der Waals surface area contributed by atoms with Crippen LogP contribution < -0.4 is 11.2 Å². The average molecular weight is 300 g/mol. The van der Waals surface area contributed by atoms with Crippen molar-refractivity contribution in [1.29, 1.82) is 5.41 Å². The van der Waals surface area contributed by atoms with E-state index in [-0.39, 0.29) is 23.7 Å². The Morgan fingerprint density at radius 3 is 2.82 bits per heavy atom. The van der Waals surface area contributed by atoms with Crippen LogP contribution in [0.1, 0.15) is 5.82 Å². The van der Waals surface area contributed by atoms with Crippen LogP contribution in [0.25, 0.3) is 16.6 Å². The van der Waals surface area contributed by atoms with Gasteiger partial charge in [0.1, 0.15) is 17.2 Å². The molecule has 9 nitrogen and oxygen atoms in total. The molecule has 0 aliphatic carbocycles. The molecule has 0 spiro atoms. The van der Waals surface area contributed by atoms with E-state index >= 15 is 0 Å². The summed E-state index contributed by atoms with van der Waals surface area (Å²) in [7, 11) is 0. The van der Waals surface area contributed by atoms with Gasteiger partial charge in [-0.05, 0) is 12.1 Å². The van der Waals surface area contributed by atoms with Gasteiger partial charge in [0.2, 0.25) is 0 Å². The standard InChI is InChI=1S/C13H12N6O3/c14-10-9(8(20)5-19(10)18-13(22)11(15)21)12-16-6-3-1-2-4-7(6)17-12/h1-4,14,20H,5H2,(H2,15,21)(H,16,17)(H,18,22). The van der Waals surface area contributed by atoms with E-state index in [1.165, 1.54) is 0 Å². The smallest absolute Gasteiger partial charge is 0.327 e. The number of aliphatic hydroxyl groups is 1. The lowest BCUT2D eigenvalue weighted by molar-refractivity contribution is -0.139. The second kappa shape index (κ2) is 4.88. The topological polar surface area (TPSA) is 148 Å². The molecular weight excluding hydrogens is 288 g/mol. The zero-order chi connectivity index (χ0) is 15.9. The lowest BCUT2D eigenvalue weighted by Crippen LogP contribution is -2.48. The van der Waals surface area contributed by atoms with E-state index in [4.69, 9.17) is 11.1 Å². The van der Waals surface area contributed by atoms with Crippen molar-refractivity contribution in [3.8, 4) is 0 Å². The first-order valence-electron chi connectivity index (χ1n) is 6.31. The number of amidine groups is 1. The van der Waals surface area contributed by atoms with Gasteiger partial charge in [-0.2, -0.15) is 0 Å². The number of hydrogen-bond acceptors (Lipinski definition) is 5. The van der Waals surface area contributed by atoms with Gasteiger partial charge in [-0.15, -0.1) is 0 Å². The number of hydrazine groups is 1. The van der Waals surface area contributed by atoms with Crippen molar-refractivity contribution in [2.24, 2.45) is 5.73 Å². The zero-order valence-electron chi connectivity index (χ0n) is 11.3. The third-order valence-electron chi connectivity index (χ3n) is 3.19. The highest BCUT2D eigenvalue weighted by atomic mass is 16.3. The van der Waals surface area contributed by atoms with Crippen LogP contribution in [0.3, 0.4) is 0 Å². The molecule has 0 bridgehead atoms. The van der Waals surface area contributed by atoms with Gasteiger partial charge in [-0.25, -0.2) is 4.98 Å². The largest absolute Gasteiger partial charge is 0.509 e. The third-order valence-corrected chi connectivity index (χ3v) is 3.19. The summed E-state index contributed by atoms with van der Waals surface area (Å²) in [5, 5.41) is 19.1. The number of nitrogens with two attached hydrogens (primary N) is 1. The first-order valence-corrected chi connectivity index (χ1v) is 6.31. The Bertz CT molecular complexity index is 804. The molecule has 1 aromatic heterocycles. The fourth-order valence-corrected chi connectivity index (χ4v) is 2.17. The lowest BCUT2D eigenvalue weighted by atomic mass is 10.2. The molecular formula is C13H12N6O3. The van der Waals surface area contributed by atoms with Crippen LogP contribution in [0.2, 0.25) is 0 Å². The number of aromatic amines is 1. The monoisotopic (exact) mass is 300 g/mol. The number of carbonyl (C=O) groups excluding carboxylic acids is 2. The van der Waals surface area contributed by atoms with Crippen molar-refractivity contribution in [2.45, 2.75) is 0 Å². The number of primary amides is 1. The molecule has 2 heterocycles. The van der Waals surface area contributed by atoms with Gasteiger partial charge in [-0.3, -0.25) is 25.4 Å². The molecule has 9 heteroatoms. The predicted octanol–water partition coefficient (Wildman–Crippen LogP) is -0.359. The van der Waals surface area contributed by atoms with Crippen LogP contribution >= 0.6 is 0 Å². The van der Waals surface area contributed by atoms with Crippen molar-refractivity contribution in [3.63, 3.8) is 0 Å². The van der Waals surface area contributed by atoms with Crippen LogP contribution in [-0.2, 0) is 9.59 Å². The molecule has 0 radical (unpaired) electrons. The summed E-state index contributed by atoms with van der Waals surface area (Å²) in [5.74, 6) is -2.27. The van der Waals surface area contributed by atoms with E-state index in [1.807, 2.05) is 18.2 Å². The van der Waals surface area contributed by atoms with Gasteiger partial charge in [0.05, 0.1) is 17.6 Å². The van der Waals surface area contributed by atoms with Crippen molar-refractivity contribution in [1.82, 2.24) is 20.4 Å². The molecule has 0 atom stereocenters. The van der Waals surface area contributed by atoms with Crippen molar-refractivity contribution in [2.75, 3.05) is 6.54 Å². The van der Waals surface area contributed by atoms with E-state index in [0.717, 1.165) is 10.5 Å². The Balaban J connectivity index is 1.90. The third kappa shape index (κ3) is 2.14. The Hall–Kier alpha value is -3.36. The molecule has 2 aromatic rings. The quantitative estimate of drug-likeness (QED) is 0.480. The highest BCUT2D eigenvalue weighted by Crippen LogP contribution is 2.25. The van der Waals surface area contributed by atoms with Gasteiger partial charge in [0.15, 0.2) is 5.84 Å². The number of aromatic nitrogens is 2. The number of benzene rings is 1. The van der Waals surface area contributed by atoms with Crippen molar-refractivity contribution >= 4 is 34.3 Å². The SMILES string of the molecule is N=C1C(c2nc3ccccc3[nH]2)=C(O)CN1NC(=O)C(N)=O. The predicted molar refractivity (Wildman–Crippen MR) is 77.4 cm³/mol. The minimum Gasteiger partial charge on any atom is -0.509 e. The number of nitrogens with zero attached hydrogens (tertiary/aromatic N) is 2. The van der Waals surface area contributed by atoms with Gasteiger partial charge < -0.3 is 15.8 Å². The first-order chi connectivity index (χ1) is 10.5. The highest BCUT2D eigenvalue weighted by molar-refractivity contribution is 6.35. The molecule has 1 aliphatic heterocycles. The molecule has 1 aliphatic rings. The van der Waals surface area contributed by atoms with E-state index in [2.05, 4.69) is 15.4 Å². The molecule has 112 valence electrons. The number of imidazole rings is 1. The summed E-state index contributed by atoms with van der Waals surface area (Å²) in [6, 6.07) is 7.26. The van der Waals surface area contributed by atoms with E-state index < -0.39 is 11.8 Å². The Morgan fingerprint density at radius 2 is 2.14 bits per heavy atom. The fraction of sp³-hybridized carbons (Fsp3) is 0.0769. The summed E-state index contributed by atoms with van der Waals surface area (Å²) in [6.07, 6.45) is 0. The number of rotatable bonds is 2. The Labute approximate surface area is 123 Å². The fourth-order valence-electron chi connectivity index (χ4n) is 2.17. The normalized spacial score (nSPS) is 14.7. The maximum atomic E-state index is 11.3. The van der Waals surface area contributed by atoms with Crippen LogP contribution in [0.5, 0.6) is 0 Å². The highest BCUT2D eigenvalue weighted by Gasteiger charge is 2.32. The molecule has 1 aromatic carbocycles. The van der Waals surface area contributed by atoms with Gasteiger partial charge in [0, 0.05) is 0 Å². The lowest BCUT2D eigenvalue weighted by Gasteiger charge is -2.18. The number of amides is 2. The van der Waals surface area contributed by atoms with Crippen LogP contribution in [0.4, 0.5) is 0 Å². The summed E-state index contributed by atoms with van der Waals surface area (Å²) in [6.45, 7) is -0.149. The summed E-state index contributed by atoms with van der Waals surface area (Å²) < 4.78 is 0. The molecule has 22 heavy (non-hydrogen) atoms. The number of hydrogen-bond donors (Lipinski definition) is 5. The van der Waals surface area contributed by atoms with Crippen molar-refractivity contribution in [3.05, 3.63) is 35.8 Å². The summed E-state index contributed by atoms with van der Waals surface area (Å²) >= 11 is 0. The molecule has 0 saturated heterocycles. The van der Waals surface area contributed by atoms with Crippen LogP contribution in [-0.4, -0.2) is 44.3 Å². The second-order valence-electron chi connectivity index (χ2n) is 4.66. The first kappa shape index (κ1) is 13.6. The molecule has 0 saturated carbocycles. The number of aliphatic hydroxyl groups excluding tert-OH is 1. The number of carbonyl (C=O) groups is 2. The Morgan fingerprint density at radius 1 is 1.41 bits per heavy atom. The van der Waals surface area contributed by atoms with Crippen molar-refractivity contribution < 1.29 is 14.7 Å². The Kier molecular flexibility index (Phi) is 3.02. The minimum absolute atomic E-state index is 0.145. The average Bonchev–Trinajstić information content (AvgIpc) is 3.00. The number of para-hydroxylation sites is 2. The van der Waals surface area contributed by atoms with Crippen LogP contribution in [0.15, 0.2) is 30.0 Å². The zero-order valence-corrected chi connectivity index (χ0v) is 11.3. The number of fused-ring (bicyclic) bond motifs is 1. The summed E-state index contributed by atoms with van der Waals surface area (Å²) in [4.78, 5) is 29.3. The maximum absolute atomic E-state index is 11.3. The van der Waals surface area contributed by atoms with E-state index in [1.54, 1.807) is 6.07 Å². The van der Waals surface area contributed by atoms with Gasteiger partial charge >= 0.3 is 11.8 Å². The van der Waals surface area contributed by atoms with Crippen LogP contribution in [0, 0.1) is 5.41 Å². The number of nitrogens with one attached hydrogen (secondary N) is 3. The minimum atomic E-state index is -1.18. The van der Waals surface area contributed by atoms with E-state index in [0.29, 0.717) is 11.3 Å². The summed E-state index contributed by atoms with van der Waals surface area (Å²) in [5.41, 5.74) is 8.59. The van der Waals surface area contributed by atoms with Gasteiger partial charge in [-0.1, -0.05) is 12.1 Å². The number of H-pyrrole nitrogens is 1. The van der Waals surface area contributed by atoms with Gasteiger partial charge in [0.25, 0.3) is 0 Å². The molecule has 0 fully saturated rings. The molecule has 6 N–H and O–H groups in total. The molecule has 0 unspecified atom stereocenters.